The van der Waals surface area contributed by atoms with Gasteiger partial charge < -0.3 is 10.2 Å². The molecule has 7 rings (SSSR count). The van der Waals surface area contributed by atoms with E-state index in [-0.39, 0.29) is 11.9 Å². The highest BCUT2D eigenvalue weighted by Crippen LogP contribution is 2.64. The maximum absolute atomic E-state index is 12.9. The molecule has 1 aliphatic heterocycles. The van der Waals surface area contributed by atoms with E-state index in [9.17, 15) is 4.79 Å². The molecule has 5 heteroatoms. The number of amides is 1. The summed E-state index contributed by atoms with van der Waals surface area (Å²) in [5, 5.41) is 8.74. The first-order chi connectivity index (χ1) is 16.0. The van der Waals surface area contributed by atoms with Crippen LogP contribution in [0.4, 0.5) is 0 Å². The molecular formula is C28H40N4O. The van der Waals surface area contributed by atoms with Crippen molar-refractivity contribution in [1.82, 2.24) is 20.0 Å². The van der Waals surface area contributed by atoms with Gasteiger partial charge >= 0.3 is 0 Å². The summed E-state index contributed by atoms with van der Waals surface area (Å²) in [5.41, 5.74) is 2.29. The highest BCUT2D eigenvalue weighted by molar-refractivity contribution is 6.04. The summed E-state index contributed by atoms with van der Waals surface area (Å²) in [6.45, 7) is 8.26. The number of hydrogen-bond acceptors (Lipinski definition) is 3. The normalized spacial score (nSPS) is 32.2. The van der Waals surface area contributed by atoms with Crippen molar-refractivity contribution < 1.29 is 4.79 Å². The maximum atomic E-state index is 12.9. The first-order valence-electron chi connectivity index (χ1n) is 13.5. The van der Waals surface area contributed by atoms with Crippen molar-refractivity contribution >= 4 is 16.8 Å². The minimum atomic E-state index is -0.0472. The summed E-state index contributed by atoms with van der Waals surface area (Å²) in [6.07, 6.45) is 12.0. The molecule has 1 aromatic heterocycles. The predicted octanol–water partition coefficient (Wildman–Crippen LogP) is 5.28. The summed E-state index contributed by atoms with van der Waals surface area (Å²) >= 11 is 0. The van der Waals surface area contributed by atoms with Crippen molar-refractivity contribution in [2.24, 2.45) is 29.1 Å². The first-order valence-corrected chi connectivity index (χ1v) is 13.5. The molecule has 4 bridgehead atoms. The summed E-state index contributed by atoms with van der Waals surface area (Å²) in [7, 11) is 0. The third kappa shape index (κ3) is 3.90. The zero-order valence-corrected chi connectivity index (χ0v) is 20.4. The second-order valence-corrected chi connectivity index (χ2v) is 12.1. The molecule has 0 radical (unpaired) electrons. The second kappa shape index (κ2) is 8.41. The third-order valence-corrected chi connectivity index (χ3v) is 9.57. The molecule has 1 amide bonds. The molecule has 5 aliphatic rings. The van der Waals surface area contributed by atoms with Gasteiger partial charge in [-0.05, 0) is 113 Å². The van der Waals surface area contributed by atoms with Crippen LogP contribution < -0.4 is 5.32 Å². The van der Waals surface area contributed by atoms with Crippen LogP contribution in [-0.2, 0) is 0 Å². The molecular weight excluding hydrogens is 408 g/mol. The number of nitrogens with zero attached hydrogens (tertiary/aromatic N) is 3. The van der Waals surface area contributed by atoms with Crippen LogP contribution in [0.3, 0.4) is 0 Å². The molecule has 0 unspecified atom stereocenters. The molecule has 2 heterocycles. The van der Waals surface area contributed by atoms with E-state index in [1.807, 2.05) is 28.9 Å². The van der Waals surface area contributed by atoms with Gasteiger partial charge in [-0.3, -0.25) is 9.48 Å². The largest absolute Gasteiger partial charge is 0.349 e. The monoisotopic (exact) mass is 448 g/mol. The van der Waals surface area contributed by atoms with Gasteiger partial charge in [0.1, 0.15) is 0 Å². The van der Waals surface area contributed by atoms with E-state index < -0.39 is 0 Å². The predicted molar refractivity (Wildman–Crippen MR) is 132 cm³/mol. The molecule has 4 saturated carbocycles. The van der Waals surface area contributed by atoms with Crippen LogP contribution in [0.2, 0.25) is 0 Å². The first kappa shape index (κ1) is 21.6. The molecule has 1 saturated heterocycles. The van der Waals surface area contributed by atoms with E-state index in [0.717, 1.165) is 41.1 Å². The van der Waals surface area contributed by atoms with E-state index in [2.05, 4.69) is 29.2 Å². The van der Waals surface area contributed by atoms with Crippen molar-refractivity contribution in [3.63, 3.8) is 0 Å². The Bertz CT molecular complexity index is 981. The summed E-state index contributed by atoms with van der Waals surface area (Å²) < 4.78 is 1.96. The fourth-order valence-electron chi connectivity index (χ4n) is 8.51. The molecule has 0 spiro atoms. The fraction of sp³-hybridized carbons (Fsp3) is 0.714. The Labute approximate surface area is 198 Å². The van der Waals surface area contributed by atoms with Gasteiger partial charge in [0, 0.05) is 24.5 Å². The Balaban J connectivity index is 1.02. The Kier molecular flexibility index (Phi) is 5.51. The lowest BCUT2D eigenvalue weighted by Crippen LogP contribution is -2.52. The molecule has 1 N–H and O–H groups in total. The minimum Gasteiger partial charge on any atom is -0.349 e. The summed E-state index contributed by atoms with van der Waals surface area (Å²) in [4.78, 5) is 15.5. The number of aromatic nitrogens is 2. The number of likely N-dealkylation sites (tertiary alicyclic amines) is 1. The van der Waals surface area contributed by atoms with E-state index >= 15 is 0 Å². The highest BCUT2D eigenvalue weighted by atomic mass is 16.1. The van der Waals surface area contributed by atoms with Gasteiger partial charge in [0.25, 0.3) is 5.91 Å². The zero-order valence-electron chi connectivity index (χ0n) is 20.4. The third-order valence-electron chi connectivity index (χ3n) is 9.57. The van der Waals surface area contributed by atoms with E-state index in [4.69, 9.17) is 0 Å². The van der Waals surface area contributed by atoms with E-state index in [0.29, 0.717) is 17.7 Å². The number of piperidine rings is 1. The Morgan fingerprint density at radius 2 is 1.70 bits per heavy atom. The van der Waals surface area contributed by atoms with Gasteiger partial charge in [0.15, 0.2) is 5.69 Å². The smallest absolute Gasteiger partial charge is 0.272 e. The molecule has 4 aliphatic carbocycles. The highest BCUT2D eigenvalue weighted by Gasteiger charge is 2.54. The molecule has 0 atom stereocenters. The van der Waals surface area contributed by atoms with Gasteiger partial charge in [-0.15, -0.1) is 0 Å². The SMILES string of the molecule is CC(C)n1nc(C(=O)NCCN2CCC(C34CC5CC(CC(C5)C3)C4)CC2)c2ccccc21. The number of carbonyl (C=O) groups excluding carboxylic acids is 1. The minimum absolute atomic E-state index is 0.0472. The molecule has 5 fully saturated rings. The van der Waals surface area contributed by atoms with Gasteiger partial charge in [-0.25, -0.2) is 0 Å². The molecule has 5 nitrogen and oxygen atoms in total. The average molecular weight is 449 g/mol. The lowest BCUT2D eigenvalue weighted by atomic mass is 9.45. The van der Waals surface area contributed by atoms with Crippen LogP contribution in [0.5, 0.6) is 0 Å². The average Bonchev–Trinajstić information content (AvgIpc) is 3.19. The van der Waals surface area contributed by atoms with Gasteiger partial charge in [-0.2, -0.15) is 5.10 Å². The number of nitrogens with one attached hydrogen (secondary N) is 1. The number of carbonyl (C=O) groups is 1. The number of rotatable bonds is 6. The Morgan fingerprint density at radius 3 is 2.33 bits per heavy atom. The maximum Gasteiger partial charge on any atom is 0.272 e. The summed E-state index contributed by atoms with van der Waals surface area (Å²) in [6, 6.07) is 8.28. The van der Waals surface area contributed by atoms with Crippen LogP contribution in [0, 0.1) is 29.1 Å². The second-order valence-electron chi connectivity index (χ2n) is 12.1. The number of hydrogen-bond donors (Lipinski definition) is 1. The van der Waals surface area contributed by atoms with Gasteiger partial charge in [-0.1, -0.05) is 18.2 Å². The molecule has 2 aromatic rings. The standard InChI is InChI=1S/C28H40N4O/c1-19(2)32-25-6-4-3-5-24(25)26(30-32)27(33)29-9-12-31-10-7-23(8-11-31)28-16-20-13-21(17-28)15-22(14-20)18-28/h3-6,19-23H,7-18H2,1-2H3,(H,29,33). The number of para-hydroxylation sites is 1. The summed E-state index contributed by atoms with van der Waals surface area (Å²) in [5.74, 6) is 4.07. The Morgan fingerprint density at radius 1 is 1.06 bits per heavy atom. The quantitative estimate of drug-likeness (QED) is 0.654. The van der Waals surface area contributed by atoms with Crippen LogP contribution >= 0.6 is 0 Å². The van der Waals surface area contributed by atoms with Crippen LogP contribution in [-0.4, -0.2) is 46.8 Å². The van der Waals surface area contributed by atoms with Crippen LogP contribution in [0.15, 0.2) is 24.3 Å². The number of fused-ring (bicyclic) bond motifs is 1. The van der Waals surface area contributed by atoms with Crippen molar-refractivity contribution in [3.05, 3.63) is 30.0 Å². The van der Waals surface area contributed by atoms with Gasteiger partial charge in [0.2, 0.25) is 0 Å². The topological polar surface area (TPSA) is 50.2 Å². The lowest BCUT2D eigenvalue weighted by Gasteiger charge is -2.60. The fourth-order valence-corrected chi connectivity index (χ4v) is 8.51. The zero-order chi connectivity index (χ0) is 22.6. The van der Waals surface area contributed by atoms with Crippen molar-refractivity contribution in [1.29, 1.82) is 0 Å². The molecule has 178 valence electrons. The van der Waals surface area contributed by atoms with E-state index in [1.165, 1.54) is 45.2 Å². The Hall–Kier alpha value is -1.88. The molecule has 33 heavy (non-hydrogen) atoms. The van der Waals surface area contributed by atoms with Gasteiger partial charge in [0.05, 0.1) is 5.52 Å². The van der Waals surface area contributed by atoms with Crippen LogP contribution in [0.25, 0.3) is 10.9 Å². The van der Waals surface area contributed by atoms with Crippen molar-refractivity contribution in [2.45, 2.75) is 71.3 Å². The van der Waals surface area contributed by atoms with Crippen molar-refractivity contribution in [2.75, 3.05) is 26.2 Å². The van der Waals surface area contributed by atoms with Crippen LogP contribution in [0.1, 0.15) is 81.7 Å². The van der Waals surface area contributed by atoms with Crippen molar-refractivity contribution in [3.8, 4) is 0 Å². The molecule has 1 aromatic carbocycles. The lowest BCUT2D eigenvalue weighted by molar-refractivity contribution is -0.0994. The number of benzene rings is 1. The van der Waals surface area contributed by atoms with E-state index in [1.54, 1.807) is 19.3 Å².